The number of ether oxygens (including phenoxy) is 2. The number of hydrogen-bond acceptors (Lipinski definition) is 6. The molecule has 1 saturated heterocycles. The number of benzene rings is 2. The molecular weight excluding hydrogens is 462 g/mol. The molecule has 9 nitrogen and oxygen atoms in total. The Balaban J connectivity index is 1.80. The first kappa shape index (κ1) is 24.4. The van der Waals surface area contributed by atoms with Crippen molar-refractivity contribution >= 4 is 6.03 Å². The van der Waals surface area contributed by atoms with Gasteiger partial charge in [0.05, 0.1) is 19.9 Å². The van der Waals surface area contributed by atoms with E-state index < -0.39 is 23.3 Å². The monoisotopic (exact) mass is 488 g/mol. The first-order valence-corrected chi connectivity index (χ1v) is 10.9. The number of hydroxylamine groups is 2. The third-order valence-corrected chi connectivity index (χ3v) is 6.15. The van der Waals surface area contributed by atoms with E-state index in [4.69, 9.17) is 9.47 Å². The van der Waals surface area contributed by atoms with Crippen LogP contribution >= 0.6 is 0 Å². The molecule has 4 rings (SSSR count). The van der Waals surface area contributed by atoms with Gasteiger partial charge in [-0.15, -0.1) is 0 Å². The average Bonchev–Trinajstić information content (AvgIpc) is 3.21. The van der Waals surface area contributed by atoms with Crippen LogP contribution in [0.4, 0.5) is 13.6 Å². The van der Waals surface area contributed by atoms with Gasteiger partial charge in [-0.1, -0.05) is 0 Å². The zero-order chi connectivity index (χ0) is 25.3. The van der Waals surface area contributed by atoms with Crippen molar-refractivity contribution in [3.05, 3.63) is 59.8 Å². The van der Waals surface area contributed by atoms with E-state index >= 15 is 8.78 Å². The lowest BCUT2D eigenvalue weighted by molar-refractivity contribution is -0.0579. The fraction of sp³-hybridized carbons (Fsp3) is 0.333. The molecule has 1 aromatic heterocycles. The van der Waals surface area contributed by atoms with Gasteiger partial charge in [0, 0.05) is 31.8 Å². The summed E-state index contributed by atoms with van der Waals surface area (Å²) in [6.07, 6.45) is -0.0404. The second-order valence-electron chi connectivity index (χ2n) is 8.29. The number of halogens is 2. The third-order valence-electron chi connectivity index (χ3n) is 6.15. The molecule has 0 aliphatic carbocycles. The standard InChI is InChI=1S/C24H26F2N4O5/c1-28(33)23(31)29-12-10-24(32,11-13-29)22-20(26)21(18-9-8-17(35-3)14-19(18)25)30(27-22)15-4-6-16(34-2)7-5-15/h4-9,14,32-33H,10-13H2,1-3H3. The molecule has 2 amide bonds. The summed E-state index contributed by atoms with van der Waals surface area (Å²) in [5.74, 6) is -0.746. The molecule has 0 saturated carbocycles. The molecule has 3 aromatic rings. The van der Waals surface area contributed by atoms with Crippen molar-refractivity contribution in [1.82, 2.24) is 19.7 Å². The largest absolute Gasteiger partial charge is 0.497 e. The smallest absolute Gasteiger partial charge is 0.343 e. The van der Waals surface area contributed by atoms with Crippen LogP contribution in [-0.2, 0) is 5.60 Å². The minimum absolute atomic E-state index is 0.0202. The van der Waals surface area contributed by atoms with E-state index in [2.05, 4.69) is 5.10 Å². The normalized spacial score (nSPS) is 15.1. The van der Waals surface area contributed by atoms with Crippen molar-refractivity contribution in [2.75, 3.05) is 34.4 Å². The van der Waals surface area contributed by atoms with Crippen molar-refractivity contribution in [3.63, 3.8) is 0 Å². The molecule has 2 N–H and O–H groups in total. The number of carbonyl (C=O) groups excluding carboxylic acids is 1. The number of likely N-dealkylation sites (tertiary alicyclic amines) is 1. The van der Waals surface area contributed by atoms with E-state index in [0.29, 0.717) is 16.5 Å². The third kappa shape index (κ3) is 4.52. The summed E-state index contributed by atoms with van der Waals surface area (Å²) >= 11 is 0. The van der Waals surface area contributed by atoms with Gasteiger partial charge in [-0.05, 0) is 49.2 Å². The minimum Gasteiger partial charge on any atom is -0.497 e. The molecule has 2 heterocycles. The molecular formula is C24H26F2N4O5. The Morgan fingerprint density at radius 2 is 1.66 bits per heavy atom. The van der Waals surface area contributed by atoms with Crippen LogP contribution in [0.1, 0.15) is 18.5 Å². The van der Waals surface area contributed by atoms with Gasteiger partial charge < -0.3 is 19.5 Å². The van der Waals surface area contributed by atoms with Gasteiger partial charge in [-0.3, -0.25) is 5.21 Å². The SMILES string of the molecule is COc1ccc(-n2nc(C3(O)CCN(C(=O)N(C)O)CC3)c(F)c2-c2ccc(OC)cc2F)cc1. The van der Waals surface area contributed by atoms with Crippen LogP contribution in [0.3, 0.4) is 0 Å². The lowest BCUT2D eigenvalue weighted by atomic mass is 9.87. The Kier molecular flexibility index (Phi) is 6.64. The summed E-state index contributed by atoms with van der Waals surface area (Å²) in [5.41, 5.74) is -1.74. The fourth-order valence-electron chi connectivity index (χ4n) is 4.16. The Hall–Kier alpha value is -3.70. The second kappa shape index (κ2) is 9.51. The molecule has 0 atom stereocenters. The first-order chi connectivity index (χ1) is 16.7. The lowest BCUT2D eigenvalue weighted by Gasteiger charge is -2.37. The van der Waals surface area contributed by atoms with Crippen LogP contribution in [0.2, 0.25) is 0 Å². The van der Waals surface area contributed by atoms with Crippen molar-refractivity contribution in [2.45, 2.75) is 18.4 Å². The number of carbonyl (C=O) groups is 1. The molecule has 1 aliphatic heterocycles. The number of nitrogens with zero attached hydrogens (tertiary/aromatic N) is 4. The summed E-state index contributed by atoms with van der Waals surface area (Å²) in [7, 11) is 4.12. The summed E-state index contributed by atoms with van der Waals surface area (Å²) in [4.78, 5) is 13.4. The quantitative estimate of drug-likeness (QED) is 0.421. The predicted octanol–water partition coefficient (Wildman–Crippen LogP) is 3.56. The summed E-state index contributed by atoms with van der Waals surface area (Å²) < 4.78 is 42.5. The Morgan fingerprint density at radius 1 is 1.06 bits per heavy atom. The Labute approximate surface area is 200 Å². The molecule has 186 valence electrons. The van der Waals surface area contributed by atoms with Gasteiger partial charge in [0.15, 0.2) is 5.82 Å². The fourth-order valence-corrected chi connectivity index (χ4v) is 4.16. The average molecular weight is 488 g/mol. The zero-order valence-corrected chi connectivity index (χ0v) is 19.5. The van der Waals surface area contributed by atoms with Crippen molar-refractivity contribution in [3.8, 4) is 28.4 Å². The van der Waals surface area contributed by atoms with Gasteiger partial charge >= 0.3 is 6.03 Å². The number of piperidine rings is 1. The number of rotatable bonds is 5. The number of urea groups is 1. The molecule has 35 heavy (non-hydrogen) atoms. The topological polar surface area (TPSA) is 100 Å². The maximum absolute atomic E-state index is 16.0. The number of methoxy groups -OCH3 is 2. The summed E-state index contributed by atoms with van der Waals surface area (Å²) in [5, 5.41) is 25.6. The Morgan fingerprint density at radius 3 is 2.20 bits per heavy atom. The zero-order valence-electron chi connectivity index (χ0n) is 19.5. The molecule has 1 aliphatic rings. The highest BCUT2D eigenvalue weighted by atomic mass is 19.1. The lowest BCUT2D eigenvalue weighted by Crippen LogP contribution is -2.48. The predicted molar refractivity (Wildman–Crippen MR) is 122 cm³/mol. The van der Waals surface area contributed by atoms with Gasteiger partial charge in [0.25, 0.3) is 0 Å². The molecule has 11 heteroatoms. The highest BCUT2D eigenvalue weighted by molar-refractivity contribution is 5.73. The number of aliphatic hydroxyl groups is 1. The molecule has 0 unspecified atom stereocenters. The van der Waals surface area contributed by atoms with E-state index in [1.54, 1.807) is 24.3 Å². The van der Waals surface area contributed by atoms with Crippen LogP contribution in [-0.4, -0.2) is 70.4 Å². The van der Waals surface area contributed by atoms with E-state index in [1.165, 1.54) is 43.0 Å². The highest BCUT2D eigenvalue weighted by Crippen LogP contribution is 2.39. The Bertz CT molecular complexity index is 1220. The van der Waals surface area contributed by atoms with E-state index in [1.807, 2.05) is 0 Å². The molecule has 1 fully saturated rings. The van der Waals surface area contributed by atoms with E-state index in [9.17, 15) is 15.1 Å². The minimum atomic E-state index is -1.70. The van der Waals surface area contributed by atoms with E-state index in [-0.39, 0.29) is 48.6 Å². The highest BCUT2D eigenvalue weighted by Gasteiger charge is 2.42. The maximum Gasteiger partial charge on any atom is 0.343 e. The van der Waals surface area contributed by atoms with Gasteiger partial charge in [0.2, 0.25) is 0 Å². The van der Waals surface area contributed by atoms with E-state index in [0.717, 1.165) is 6.07 Å². The van der Waals surface area contributed by atoms with Gasteiger partial charge in [-0.25, -0.2) is 23.3 Å². The summed E-state index contributed by atoms with van der Waals surface area (Å²) in [6.45, 7) is 0.141. The van der Waals surface area contributed by atoms with Crippen LogP contribution in [0.5, 0.6) is 11.5 Å². The van der Waals surface area contributed by atoms with Gasteiger partial charge in [0.1, 0.15) is 34.3 Å². The number of hydrogen-bond donors (Lipinski definition) is 2. The maximum atomic E-state index is 16.0. The van der Waals surface area contributed by atoms with Crippen LogP contribution in [0, 0.1) is 11.6 Å². The van der Waals surface area contributed by atoms with Crippen LogP contribution in [0.15, 0.2) is 42.5 Å². The first-order valence-electron chi connectivity index (χ1n) is 10.9. The van der Waals surface area contributed by atoms with Crippen LogP contribution < -0.4 is 9.47 Å². The van der Waals surface area contributed by atoms with Crippen LogP contribution in [0.25, 0.3) is 16.9 Å². The van der Waals surface area contributed by atoms with Crippen molar-refractivity contribution in [1.29, 1.82) is 0 Å². The molecule has 0 bridgehead atoms. The van der Waals surface area contributed by atoms with Crippen molar-refractivity contribution in [2.24, 2.45) is 0 Å². The second-order valence-corrected chi connectivity index (χ2v) is 8.29. The number of aromatic nitrogens is 2. The van der Waals surface area contributed by atoms with Crippen molar-refractivity contribution < 1.29 is 33.4 Å². The number of amides is 2. The van der Waals surface area contributed by atoms with Gasteiger partial charge in [-0.2, -0.15) is 5.10 Å². The molecule has 0 spiro atoms. The summed E-state index contributed by atoms with van der Waals surface area (Å²) in [6, 6.07) is 10.0. The molecule has 2 aromatic carbocycles. The molecule has 0 radical (unpaired) electrons.